The molecule has 1 heterocycles. The highest BCUT2D eigenvalue weighted by Crippen LogP contribution is 2.26. The van der Waals surface area contributed by atoms with Crippen molar-refractivity contribution in [2.24, 2.45) is 0 Å². The first-order valence-corrected chi connectivity index (χ1v) is 6.39. The van der Waals surface area contributed by atoms with E-state index in [9.17, 15) is 9.59 Å². The first-order valence-electron chi connectivity index (χ1n) is 6.02. The van der Waals surface area contributed by atoms with Crippen LogP contribution in [0.4, 0.5) is 4.79 Å². The Morgan fingerprint density at radius 3 is 2.84 bits per heavy atom. The Balaban J connectivity index is 2.36. The molecule has 1 aromatic carbocycles. The van der Waals surface area contributed by atoms with E-state index in [1.165, 1.54) is 4.90 Å². The second-order valence-electron chi connectivity index (χ2n) is 4.62. The Hall–Kier alpha value is -1.75. The van der Waals surface area contributed by atoms with Crippen LogP contribution in [0.3, 0.4) is 0 Å². The average Bonchev–Trinajstić information content (AvgIpc) is 2.37. The number of benzene rings is 1. The molecular weight excluding hydrogens is 266 g/mol. The highest BCUT2D eigenvalue weighted by Gasteiger charge is 2.35. The minimum Gasteiger partial charge on any atom is -0.352 e. The van der Waals surface area contributed by atoms with E-state index >= 15 is 0 Å². The molecular formula is C13H16ClN3O2. The molecule has 1 N–H and O–H groups in total. The molecule has 2 rings (SSSR count). The van der Waals surface area contributed by atoms with Crippen LogP contribution in [0.5, 0.6) is 0 Å². The number of nitrogens with one attached hydrogen (secondary N) is 1. The van der Waals surface area contributed by atoms with Gasteiger partial charge in [0.25, 0.3) is 0 Å². The molecule has 0 spiro atoms. The first-order chi connectivity index (χ1) is 9.00. The van der Waals surface area contributed by atoms with Crippen LogP contribution in [0, 0.1) is 0 Å². The van der Waals surface area contributed by atoms with Gasteiger partial charge in [0, 0.05) is 32.2 Å². The molecule has 1 fully saturated rings. The second kappa shape index (κ2) is 5.48. The third-order valence-corrected chi connectivity index (χ3v) is 3.24. The number of urea groups is 1. The van der Waals surface area contributed by atoms with E-state index in [2.05, 4.69) is 5.32 Å². The van der Waals surface area contributed by atoms with Gasteiger partial charge in [0.15, 0.2) is 0 Å². The predicted molar refractivity (Wildman–Crippen MR) is 73.0 cm³/mol. The Labute approximate surface area is 117 Å². The quantitative estimate of drug-likeness (QED) is 0.848. The standard InChI is InChI=1S/C13H16ClN3O2/c1-16(2)13(19)17-7-6-15-12(18)11(17)9-4-3-5-10(14)8-9/h3-5,8,11H,6-7H2,1-2H3,(H,15,18). The van der Waals surface area contributed by atoms with Crippen LogP contribution in [0.25, 0.3) is 0 Å². The average molecular weight is 282 g/mol. The maximum Gasteiger partial charge on any atom is 0.320 e. The van der Waals surface area contributed by atoms with Crippen molar-refractivity contribution in [1.29, 1.82) is 0 Å². The molecule has 0 aliphatic carbocycles. The van der Waals surface area contributed by atoms with E-state index in [0.29, 0.717) is 18.1 Å². The SMILES string of the molecule is CN(C)C(=O)N1CCNC(=O)C1c1cccc(Cl)c1. The summed E-state index contributed by atoms with van der Waals surface area (Å²) in [6.07, 6.45) is 0. The minimum absolute atomic E-state index is 0.177. The van der Waals surface area contributed by atoms with Gasteiger partial charge >= 0.3 is 6.03 Å². The van der Waals surface area contributed by atoms with Crippen molar-refractivity contribution in [3.05, 3.63) is 34.9 Å². The van der Waals surface area contributed by atoms with Crippen LogP contribution in [-0.2, 0) is 4.79 Å². The molecule has 5 nitrogen and oxygen atoms in total. The summed E-state index contributed by atoms with van der Waals surface area (Å²) in [7, 11) is 3.34. The van der Waals surface area contributed by atoms with E-state index in [1.54, 1.807) is 43.3 Å². The van der Waals surface area contributed by atoms with Crippen molar-refractivity contribution >= 4 is 23.5 Å². The number of rotatable bonds is 1. The monoisotopic (exact) mass is 281 g/mol. The lowest BCUT2D eigenvalue weighted by Crippen LogP contribution is -2.54. The van der Waals surface area contributed by atoms with Crippen molar-refractivity contribution in [2.45, 2.75) is 6.04 Å². The summed E-state index contributed by atoms with van der Waals surface area (Å²) in [5.74, 6) is -0.177. The van der Waals surface area contributed by atoms with Gasteiger partial charge in [-0.3, -0.25) is 4.79 Å². The lowest BCUT2D eigenvalue weighted by molar-refractivity contribution is -0.128. The summed E-state index contributed by atoms with van der Waals surface area (Å²) < 4.78 is 0. The number of nitrogens with zero attached hydrogens (tertiary/aromatic N) is 2. The number of halogens is 1. The first kappa shape index (κ1) is 13.7. The zero-order valence-corrected chi connectivity index (χ0v) is 11.6. The Morgan fingerprint density at radius 1 is 1.47 bits per heavy atom. The molecule has 102 valence electrons. The Kier molecular flexibility index (Phi) is 3.95. The maximum atomic E-state index is 12.2. The molecule has 19 heavy (non-hydrogen) atoms. The fourth-order valence-corrected chi connectivity index (χ4v) is 2.34. The van der Waals surface area contributed by atoms with Crippen LogP contribution in [0.1, 0.15) is 11.6 Å². The molecule has 1 atom stereocenters. The predicted octanol–water partition coefficient (Wildman–Crippen LogP) is 1.49. The van der Waals surface area contributed by atoms with Gasteiger partial charge in [0.2, 0.25) is 5.91 Å². The minimum atomic E-state index is -0.623. The van der Waals surface area contributed by atoms with Crippen LogP contribution in [0.2, 0.25) is 5.02 Å². The molecule has 3 amide bonds. The molecule has 1 aliphatic rings. The summed E-state index contributed by atoms with van der Waals surface area (Å²) in [5.41, 5.74) is 0.722. The van der Waals surface area contributed by atoms with Crippen molar-refractivity contribution in [2.75, 3.05) is 27.2 Å². The smallest absolute Gasteiger partial charge is 0.320 e. The Morgan fingerprint density at radius 2 is 2.21 bits per heavy atom. The zero-order valence-electron chi connectivity index (χ0n) is 10.9. The van der Waals surface area contributed by atoms with Crippen LogP contribution >= 0.6 is 11.6 Å². The summed E-state index contributed by atoms with van der Waals surface area (Å²) in [4.78, 5) is 27.3. The van der Waals surface area contributed by atoms with Gasteiger partial charge in [-0.1, -0.05) is 23.7 Å². The van der Waals surface area contributed by atoms with Gasteiger partial charge in [-0.05, 0) is 17.7 Å². The second-order valence-corrected chi connectivity index (χ2v) is 5.06. The van der Waals surface area contributed by atoms with Crippen LogP contribution in [-0.4, -0.2) is 48.9 Å². The fraction of sp³-hybridized carbons (Fsp3) is 0.385. The lowest BCUT2D eigenvalue weighted by atomic mass is 10.0. The number of hydrogen-bond acceptors (Lipinski definition) is 2. The van der Waals surface area contributed by atoms with Gasteiger partial charge in [-0.2, -0.15) is 0 Å². The van der Waals surface area contributed by atoms with E-state index in [1.807, 2.05) is 0 Å². The molecule has 0 saturated carbocycles. The molecule has 6 heteroatoms. The van der Waals surface area contributed by atoms with Crippen molar-refractivity contribution in [3.63, 3.8) is 0 Å². The van der Waals surface area contributed by atoms with E-state index < -0.39 is 6.04 Å². The molecule has 0 aromatic heterocycles. The van der Waals surface area contributed by atoms with Crippen LogP contribution in [0.15, 0.2) is 24.3 Å². The molecule has 1 aromatic rings. The van der Waals surface area contributed by atoms with E-state index in [0.717, 1.165) is 5.56 Å². The molecule has 1 aliphatic heterocycles. The summed E-state index contributed by atoms with van der Waals surface area (Å²) in [5, 5.41) is 3.33. The third kappa shape index (κ3) is 2.81. The normalized spacial score (nSPS) is 19.0. The van der Waals surface area contributed by atoms with Crippen molar-refractivity contribution < 1.29 is 9.59 Å². The molecule has 1 unspecified atom stereocenters. The Bertz CT molecular complexity index is 504. The molecule has 0 bridgehead atoms. The highest BCUT2D eigenvalue weighted by molar-refractivity contribution is 6.30. The number of piperazine rings is 1. The molecule has 1 saturated heterocycles. The topological polar surface area (TPSA) is 52.7 Å². The van der Waals surface area contributed by atoms with Gasteiger partial charge in [-0.25, -0.2) is 4.79 Å². The summed E-state index contributed by atoms with van der Waals surface area (Å²) in [6.45, 7) is 0.954. The van der Waals surface area contributed by atoms with Crippen molar-refractivity contribution in [3.8, 4) is 0 Å². The maximum absolute atomic E-state index is 12.2. The number of amides is 3. The summed E-state index contributed by atoms with van der Waals surface area (Å²) in [6, 6.07) is 6.23. The summed E-state index contributed by atoms with van der Waals surface area (Å²) >= 11 is 5.96. The van der Waals surface area contributed by atoms with Crippen LogP contribution < -0.4 is 5.32 Å². The highest BCUT2D eigenvalue weighted by atomic mass is 35.5. The third-order valence-electron chi connectivity index (χ3n) is 3.00. The van der Waals surface area contributed by atoms with Gasteiger partial charge in [0.1, 0.15) is 6.04 Å². The van der Waals surface area contributed by atoms with Crippen molar-refractivity contribution in [1.82, 2.24) is 15.1 Å². The largest absolute Gasteiger partial charge is 0.352 e. The van der Waals surface area contributed by atoms with E-state index in [-0.39, 0.29) is 11.9 Å². The number of carbonyl (C=O) groups excluding carboxylic acids is 2. The molecule has 0 radical (unpaired) electrons. The zero-order chi connectivity index (χ0) is 14.0. The van der Waals surface area contributed by atoms with E-state index in [4.69, 9.17) is 11.6 Å². The van der Waals surface area contributed by atoms with Gasteiger partial charge in [0.05, 0.1) is 0 Å². The fourth-order valence-electron chi connectivity index (χ4n) is 2.14. The van der Waals surface area contributed by atoms with Gasteiger partial charge in [-0.15, -0.1) is 0 Å². The number of carbonyl (C=O) groups is 2. The number of hydrogen-bond donors (Lipinski definition) is 1. The van der Waals surface area contributed by atoms with Gasteiger partial charge < -0.3 is 15.1 Å². The lowest BCUT2D eigenvalue weighted by Gasteiger charge is -2.36.